The van der Waals surface area contributed by atoms with Crippen molar-refractivity contribution < 1.29 is 13.9 Å². The summed E-state index contributed by atoms with van der Waals surface area (Å²) >= 11 is 5.11. The second kappa shape index (κ2) is 6.14. The van der Waals surface area contributed by atoms with Gasteiger partial charge in [0.1, 0.15) is 0 Å². The number of halogens is 2. The molecule has 1 aliphatic carbocycles. The Hall–Kier alpha value is -1.43. The van der Waals surface area contributed by atoms with E-state index in [4.69, 9.17) is 17.3 Å². The fourth-order valence-electron chi connectivity index (χ4n) is 2.24. The molecule has 0 aliphatic heterocycles. The fraction of sp³-hybridized carbons (Fsp3) is 0.462. The normalized spacial score (nSPS) is 16.1. The summed E-state index contributed by atoms with van der Waals surface area (Å²) in [5.74, 6) is -3.00. The van der Waals surface area contributed by atoms with E-state index in [0.717, 1.165) is 25.0 Å². The molecule has 1 aromatic carbocycles. The molecule has 0 bridgehead atoms. The standard InChI is InChI=1S/C13H16F2N2OS/c14-10-6-9(7-11(15)12(10)18)17-13(19)16-8-4-2-1-3-5-8/h6-8,18H,1-5H2,(H2,16,17,19). The van der Waals surface area contributed by atoms with Gasteiger partial charge in [-0.1, -0.05) is 19.3 Å². The van der Waals surface area contributed by atoms with Gasteiger partial charge in [-0.2, -0.15) is 0 Å². The summed E-state index contributed by atoms with van der Waals surface area (Å²) in [7, 11) is 0. The molecule has 0 amide bonds. The van der Waals surface area contributed by atoms with Gasteiger partial charge in [-0.25, -0.2) is 8.78 Å². The summed E-state index contributed by atoms with van der Waals surface area (Å²) < 4.78 is 26.3. The highest BCUT2D eigenvalue weighted by Gasteiger charge is 2.15. The summed E-state index contributed by atoms with van der Waals surface area (Å²) in [5, 5.41) is 15.2. The fourth-order valence-corrected chi connectivity index (χ4v) is 2.52. The van der Waals surface area contributed by atoms with Crippen molar-refractivity contribution in [3.8, 4) is 5.75 Å². The molecule has 104 valence electrons. The van der Waals surface area contributed by atoms with Gasteiger partial charge in [0.25, 0.3) is 0 Å². The van der Waals surface area contributed by atoms with Gasteiger partial charge < -0.3 is 15.7 Å². The second-order valence-corrected chi connectivity index (χ2v) is 5.13. The van der Waals surface area contributed by atoms with E-state index < -0.39 is 17.4 Å². The van der Waals surface area contributed by atoms with Crippen LogP contribution in [0.3, 0.4) is 0 Å². The van der Waals surface area contributed by atoms with Crippen LogP contribution in [0.15, 0.2) is 12.1 Å². The van der Waals surface area contributed by atoms with E-state index in [9.17, 15) is 8.78 Å². The predicted octanol–water partition coefficient (Wildman–Crippen LogP) is 3.29. The average molecular weight is 286 g/mol. The van der Waals surface area contributed by atoms with Crippen LogP contribution >= 0.6 is 12.2 Å². The lowest BCUT2D eigenvalue weighted by atomic mass is 9.96. The number of hydrogen-bond acceptors (Lipinski definition) is 2. The minimum absolute atomic E-state index is 0.182. The molecule has 2 rings (SSSR count). The number of benzene rings is 1. The Morgan fingerprint density at radius 2 is 1.74 bits per heavy atom. The summed E-state index contributed by atoms with van der Waals surface area (Å²) in [4.78, 5) is 0. The molecule has 0 atom stereocenters. The first-order valence-corrected chi connectivity index (χ1v) is 6.72. The maximum Gasteiger partial charge on any atom is 0.187 e. The topological polar surface area (TPSA) is 44.3 Å². The van der Waals surface area contributed by atoms with E-state index in [1.165, 1.54) is 19.3 Å². The van der Waals surface area contributed by atoms with Crippen molar-refractivity contribution in [3.05, 3.63) is 23.8 Å². The lowest BCUT2D eigenvalue weighted by Crippen LogP contribution is -2.38. The van der Waals surface area contributed by atoms with Crippen LogP contribution in [0, 0.1) is 11.6 Å². The molecule has 6 heteroatoms. The first-order chi connectivity index (χ1) is 9.06. The first-order valence-electron chi connectivity index (χ1n) is 6.32. The monoisotopic (exact) mass is 286 g/mol. The van der Waals surface area contributed by atoms with Crippen molar-refractivity contribution in [2.24, 2.45) is 0 Å². The molecule has 0 saturated heterocycles. The van der Waals surface area contributed by atoms with Crippen LogP contribution in [-0.2, 0) is 0 Å². The molecule has 0 spiro atoms. The quantitative estimate of drug-likeness (QED) is 0.576. The van der Waals surface area contributed by atoms with Gasteiger partial charge in [0, 0.05) is 23.9 Å². The Morgan fingerprint density at radius 1 is 1.16 bits per heavy atom. The van der Waals surface area contributed by atoms with Crippen LogP contribution in [0.5, 0.6) is 5.75 Å². The lowest BCUT2D eigenvalue weighted by molar-refractivity contribution is 0.396. The minimum Gasteiger partial charge on any atom is -0.503 e. The molecule has 1 fully saturated rings. The molecule has 3 nitrogen and oxygen atoms in total. The highest BCUT2D eigenvalue weighted by Crippen LogP contribution is 2.24. The van der Waals surface area contributed by atoms with Crippen molar-refractivity contribution in [1.82, 2.24) is 5.32 Å². The Morgan fingerprint density at radius 3 is 2.32 bits per heavy atom. The van der Waals surface area contributed by atoms with E-state index >= 15 is 0 Å². The van der Waals surface area contributed by atoms with Crippen LogP contribution in [0.25, 0.3) is 0 Å². The van der Waals surface area contributed by atoms with E-state index in [0.29, 0.717) is 11.2 Å². The average Bonchev–Trinajstić information content (AvgIpc) is 2.37. The van der Waals surface area contributed by atoms with Gasteiger partial charge in [0.15, 0.2) is 22.5 Å². The molecule has 1 saturated carbocycles. The maximum absolute atomic E-state index is 13.2. The zero-order chi connectivity index (χ0) is 13.8. The Bertz CT molecular complexity index is 453. The Balaban J connectivity index is 1.94. The smallest absolute Gasteiger partial charge is 0.187 e. The molecule has 1 aliphatic rings. The second-order valence-electron chi connectivity index (χ2n) is 4.72. The van der Waals surface area contributed by atoms with E-state index in [-0.39, 0.29) is 5.69 Å². The number of thiocarbonyl (C=S) groups is 1. The minimum atomic E-state index is -1.01. The van der Waals surface area contributed by atoms with Gasteiger partial charge >= 0.3 is 0 Å². The van der Waals surface area contributed by atoms with Crippen molar-refractivity contribution in [2.45, 2.75) is 38.1 Å². The zero-order valence-corrected chi connectivity index (χ0v) is 11.2. The molecule has 0 heterocycles. The predicted molar refractivity (Wildman–Crippen MR) is 74.3 cm³/mol. The number of aromatic hydroxyl groups is 1. The first kappa shape index (κ1) is 14.0. The van der Waals surface area contributed by atoms with Crippen LogP contribution in [-0.4, -0.2) is 16.3 Å². The molecule has 1 aromatic rings. The van der Waals surface area contributed by atoms with Gasteiger partial charge in [-0.05, 0) is 25.1 Å². The number of hydrogen-bond donors (Lipinski definition) is 3. The van der Waals surface area contributed by atoms with Gasteiger partial charge in [-0.15, -0.1) is 0 Å². The van der Waals surface area contributed by atoms with Gasteiger partial charge in [-0.3, -0.25) is 0 Å². The molecular formula is C13H16F2N2OS. The maximum atomic E-state index is 13.2. The van der Waals surface area contributed by atoms with Crippen molar-refractivity contribution in [2.75, 3.05) is 5.32 Å². The number of nitrogens with one attached hydrogen (secondary N) is 2. The molecule has 19 heavy (non-hydrogen) atoms. The van der Waals surface area contributed by atoms with Crippen molar-refractivity contribution in [3.63, 3.8) is 0 Å². The molecule has 3 N–H and O–H groups in total. The van der Waals surface area contributed by atoms with E-state index in [2.05, 4.69) is 10.6 Å². The molecule has 0 radical (unpaired) electrons. The van der Waals surface area contributed by atoms with Crippen molar-refractivity contribution in [1.29, 1.82) is 0 Å². The van der Waals surface area contributed by atoms with Gasteiger partial charge in [0.2, 0.25) is 0 Å². The highest BCUT2D eigenvalue weighted by molar-refractivity contribution is 7.80. The summed E-state index contributed by atoms with van der Waals surface area (Å²) in [6.07, 6.45) is 5.69. The van der Waals surface area contributed by atoms with Crippen LogP contribution in [0.4, 0.5) is 14.5 Å². The van der Waals surface area contributed by atoms with Crippen LogP contribution < -0.4 is 10.6 Å². The number of anilines is 1. The third kappa shape index (κ3) is 3.76. The summed E-state index contributed by atoms with van der Waals surface area (Å²) in [6.45, 7) is 0. The molecular weight excluding hydrogens is 270 g/mol. The molecule has 0 aromatic heterocycles. The lowest BCUT2D eigenvalue weighted by Gasteiger charge is -2.24. The number of phenolic OH excluding ortho intramolecular Hbond substituents is 1. The Kier molecular flexibility index (Phi) is 4.52. The summed E-state index contributed by atoms with van der Waals surface area (Å²) in [5.41, 5.74) is 0.182. The van der Waals surface area contributed by atoms with Crippen LogP contribution in [0.2, 0.25) is 0 Å². The third-order valence-corrected chi connectivity index (χ3v) is 3.44. The third-order valence-electron chi connectivity index (χ3n) is 3.22. The molecule has 0 unspecified atom stereocenters. The van der Waals surface area contributed by atoms with E-state index in [1.54, 1.807) is 0 Å². The number of phenols is 1. The van der Waals surface area contributed by atoms with E-state index in [1.807, 2.05) is 0 Å². The highest BCUT2D eigenvalue weighted by atomic mass is 32.1. The Labute approximate surface area is 116 Å². The number of rotatable bonds is 2. The zero-order valence-electron chi connectivity index (χ0n) is 10.4. The van der Waals surface area contributed by atoms with Crippen LogP contribution in [0.1, 0.15) is 32.1 Å². The van der Waals surface area contributed by atoms with Gasteiger partial charge in [0.05, 0.1) is 0 Å². The van der Waals surface area contributed by atoms with Crippen molar-refractivity contribution >= 4 is 23.0 Å². The summed E-state index contributed by atoms with van der Waals surface area (Å²) in [6, 6.07) is 2.33. The SMILES string of the molecule is Oc1c(F)cc(NC(=S)NC2CCCCC2)cc1F. The largest absolute Gasteiger partial charge is 0.503 e.